The summed E-state index contributed by atoms with van der Waals surface area (Å²) in [5.74, 6) is 3.62. The van der Waals surface area contributed by atoms with Crippen molar-refractivity contribution in [1.29, 1.82) is 0 Å². The minimum Gasteiger partial charge on any atom is -0.387 e. The van der Waals surface area contributed by atoms with Crippen molar-refractivity contribution in [3.8, 4) is 11.8 Å². The van der Waals surface area contributed by atoms with Gasteiger partial charge < -0.3 is 15.5 Å². The van der Waals surface area contributed by atoms with Crippen LogP contribution in [-0.2, 0) is 4.79 Å². The molecule has 3 N–H and O–H groups in total. The Kier molecular flexibility index (Phi) is 8.12. The highest BCUT2D eigenvalue weighted by molar-refractivity contribution is 5.81. The monoisotopic (exact) mass is 371 g/mol. The van der Waals surface area contributed by atoms with Crippen molar-refractivity contribution in [2.45, 2.75) is 57.4 Å². The maximum atomic E-state index is 12.2. The molecule has 0 heterocycles. The van der Waals surface area contributed by atoms with Crippen molar-refractivity contribution in [3.05, 3.63) is 35.4 Å². The number of benzene rings is 1. The predicted molar refractivity (Wildman–Crippen MR) is 92.1 cm³/mol. The van der Waals surface area contributed by atoms with Crippen LogP contribution in [-0.4, -0.2) is 34.4 Å². The topological polar surface area (TPSA) is 69.6 Å². The lowest BCUT2D eigenvalue weighted by Crippen LogP contribution is -2.38. The number of nitrogens with one attached hydrogen (secondary N) is 1. The molecule has 0 aromatic heterocycles. The van der Waals surface area contributed by atoms with Crippen LogP contribution in [0, 0.1) is 11.8 Å². The fraction of sp³-hybridized carbons (Fsp3) is 0.526. The molecule has 7 heteroatoms. The number of alkyl halides is 3. The highest BCUT2D eigenvalue weighted by Gasteiger charge is 2.38. The van der Waals surface area contributed by atoms with Crippen LogP contribution < -0.4 is 5.32 Å². The lowest BCUT2D eigenvalue weighted by molar-refractivity contribution is -0.174. The number of amides is 1. The highest BCUT2D eigenvalue weighted by atomic mass is 19.4. The van der Waals surface area contributed by atoms with Crippen molar-refractivity contribution in [2.75, 3.05) is 6.54 Å². The van der Waals surface area contributed by atoms with Gasteiger partial charge in [0.15, 0.2) is 0 Å². The van der Waals surface area contributed by atoms with E-state index in [9.17, 15) is 28.2 Å². The molecule has 0 saturated carbocycles. The Balaban J connectivity index is 2.85. The number of rotatable bonds is 7. The van der Waals surface area contributed by atoms with Crippen LogP contribution in [0.3, 0.4) is 0 Å². The van der Waals surface area contributed by atoms with Gasteiger partial charge in [-0.2, -0.15) is 13.2 Å². The predicted octanol–water partition coefficient (Wildman–Crippen LogP) is 3.08. The van der Waals surface area contributed by atoms with E-state index in [1.807, 2.05) is 13.8 Å². The lowest BCUT2D eigenvalue weighted by Gasteiger charge is -2.20. The molecule has 1 aromatic rings. The molecule has 0 aliphatic carbocycles. The Morgan fingerprint density at radius 2 is 1.85 bits per heavy atom. The van der Waals surface area contributed by atoms with Crippen LogP contribution in [0.15, 0.2) is 24.3 Å². The summed E-state index contributed by atoms with van der Waals surface area (Å²) >= 11 is 0. The zero-order chi connectivity index (χ0) is 19.8. The van der Waals surface area contributed by atoms with Crippen molar-refractivity contribution in [1.82, 2.24) is 5.32 Å². The summed E-state index contributed by atoms with van der Waals surface area (Å²) in [4.78, 5) is 10.8. The Hall–Kier alpha value is -2.04. The second kappa shape index (κ2) is 9.60. The van der Waals surface area contributed by atoms with E-state index < -0.39 is 30.3 Å². The summed E-state index contributed by atoms with van der Waals surface area (Å²) in [6, 6.07) is 6.33. The fourth-order valence-electron chi connectivity index (χ4n) is 2.50. The third-order valence-corrected chi connectivity index (χ3v) is 3.75. The second-order valence-corrected chi connectivity index (χ2v) is 6.13. The van der Waals surface area contributed by atoms with E-state index >= 15 is 0 Å². The first-order chi connectivity index (χ1) is 12.1. The Labute approximate surface area is 151 Å². The van der Waals surface area contributed by atoms with E-state index in [1.54, 1.807) is 17.4 Å². The third kappa shape index (κ3) is 7.06. The van der Waals surface area contributed by atoms with Gasteiger partial charge in [-0.25, -0.2) is 0 Å². The molecule has 0 fully saturated rings. The van der Waals surface area contributed by atoms with Gasteiger partial charge in [-0.05, 0) is 30.5 Å². The molecule has 1 amide bonds. The maximum Gasteiger partial charge on any atom is 0.471 e. The number of carbonyl (C=O) groups is 1. The van der Waals surface area contributed by atoms with Gasteiger partial charge in [0.2, 0.25) is 0 Å². The van der Waals surface area contributed by atoms with Crippen molar-refractivity contribution in [3.63, 3.8) is 0 Å². The van der Waals surface area contributed by atoms with Gasteiger partial charge in [-0.3, -0.25) is 4.79 Å². The molecule has 0 saturated heterocycles. The van der Waals surface area contributed by atoms with Crippen molar-refractivity contribution in [2.24, 2.45) is 0 Å². The largest absolute Gasteiger partial charge is 0.471 e. The van der Waals surface area contributed by atoms with Gasteiger partial charge in [-0.15, -0.1) is 0 Å². The Morgan fingerprint density at radius 3 is 2.38 bits per heavy atom. The minimum atomic E-state index is -4.99. The smallest absolute Gasteiger partial charge is 0.387 e. The van der Waals surface area contributed by atoms with Crippen LogP contribution in [0.5, 0.6) is 0 Å². The second-order valence-electron chi connectivity index (χ2n) is 6.13. The fourth-order valence-corrected chi connectivity index (χ4v) is 2.50. The van der Waals surface area contributed by atoms with E-state index in [0.29, 0.717) is 24.0 Å². The van der Waals surface area contributed by atoms with Crippen LogP contribution in [0.25, 0.3) is 0 Å². The van der Waals surface area contributed by atoms with E-state index in [2.05, 4.69) is 11.8 Å². The summed E-state index contributed by atoms with van der Waals surface area (Å²) in [7, 11) is 0. The van der Waals surface area contributed by atoms with E-state index in [4.69, 9.17) is 0 Å². The zero-order valence-electron chi connectivity index (χ0n) is 14.9. The molecule has 1 rings (SSSR count). The van der Waals surface area contributed by atoms with E-state index in [1.165, 1.54) is 12.1 Å². The number of hydrogen-bond acceptors (Lipinski definition) is 3. The van der Waals surface area contributed by atoms with Crippen LogP contribution in [0.1, 0.15) is 56.8 Å². The van der Waals surface area contributed by atoms with Gasteiger partial charge in [0.25, 0.3) is 0 Å². The van der Waals surface area contributed by atoms with Crippen LogP contribution in [0.2, 0.25) is 0 Å². The SMILES string of the molecule is CCCC(O)(C#Cc1cccc([C@H](O)CNC(=O)C(F)(F)F)c1)CCC. The molecule has 4 nitrogen and oxygen atoms in total. The summed E-state index contributed by atoms with van der Waals surface area (Å²) in [5, 5.41) is 22.1. The summed E-state index contributed by atoms with van der Waals surface area (Å²) in [6.45, 7) is 3.34. The summed E-state index contributed by atoms with van der Waals surface area (Å²) in [5.41, 5.74) is -0.234. The normalized spacial score (nSPS) is 12.9. The van der Waals surface area contributed by atoms with E-state index in [0.717, 1.165) is 12.8 Å². The first kappa shape index (κ1) is 22.0. The molecule has 0 radical (unpaired) electrons. The summed E-state index contributed by atoms with van der Waals surface area (Å²) < 4.78 is 36.5. The van der Waals surface area contributed by atoms with Gasteiger partial charge in [0.1, 0.15) is 5.60 Å². The average Bonchev–Trinajstić information content (AvgIpc) is 2.57. The average molecular weight is 371 g/mol. The van der Waals surface area contributed by atoms with Gasteiger partial charge in [0, 0.05) is 12.1 Å². The molecular weight excluding hydrogens is 347 g/mol. The van der Waals surface area contributed by atoms with Crippen molar-refractivity contribution >= 4 is 5.91 Å². The number of aliphatic hydroxyl groups excluding tert-OH is 1. The molecule has 0 spiro atoms. The maximum absolute atomic E-state index is 12.2. The Bertz CT molecular complexity index is 656. The number of hydrogen-bond donors (Lipinski definition) is 3. The molecule has 0 aliphatic rings. The quantitative estimate of drug-likeness (QED) is 0.645. The minimum absolute atomic E-state index is 0.328. The molecule has 1 aromatic carbocycles. The lowest BCUT2D eigenvalue weighted by atomic mass is 9.93. The van der Waals surface area contributed by atoms with Crippen LogP contribution in [0.4, 0.5) is 13.2 Å². The van der Waals surface area contributed by atoms with Gasteiger partial charge >= 0.3 is 12.1 Å². The molecule has 144 valence electrons. The molecular formula is C19H24F3NO3. The highest BCUT2D eigenvalue weighted by Crippen LogP contribution is 2.20. The van der Waals surface area contributed by atoms with E-state index in [-0.39, 0.29) is 0 Å². The van der Waals surface area contributed by atoms with Crippen molar-refractivity contribution < 1.29 is 28.2 Å². The molecule has 0 unspecified atom stereocenters. The number of halogens is 3. The van der Waals surface area contributed by atoms with Crippen LogP contribution >= 0.6 is 0 Å². The zero-order valence-corrected chi connectivity index (χ0v) is 14.9. The van der Waals surface area contributed by atoms with Gasteiger partial charge in [0.05, 0.1) is 6.10 Å². The Morgan fingerprint density at radius 1 is 1.23 bits per heavy atom. The standard InChI is InChI=1S/C19H24F3NO3/c1-3-9-18(26,10-4-2)11-8-14-6-5-7-15(12-14)16(24)13-23-17(25)19(20,21)22/h5-7,12,16,24,26H,3-4,9-10,13H2,1-2H3,(H,23,25)/t16-/m1/s1. The first-order valence-electron chi connectivity index (χ1n) is 8.50. The van der Waals surface area contributed by atoms with Gasteiger partial charge in [-0.1, -0.05) is 50.7 Å². The summed E-state index contributed by atoms with van der Waals surface area (Å²) in [6.07, 6.45) is -3.64. The number of carbonyl (C=O) groups excluding carboxylic acids is 1. The molecule has 1 atom stereocenters. The molecule has 0 bridgehead atoms. The third-order valence-electron chi connectivity index (χ3n) is 3.75. The number of aliphatic hydroxyl groups is 2. The first-order valence-corrected chi connectivity index (χ1v) is 8.50. The molecule has 0 aliphatic heterocycles. The molecule has 26 heavy (non-hydrogen) atoms.